The number of hydrogen-bond donors (Lipinski definition) is 1. The molecule has 0 saturated heterocycles. The molecule has 0 amide bonds. The van der Waals surface area contributed by atoms with Crippen molar-refractivity contribution in [2.24, 2.45) is 11.7 Å². The molecular formula is C11H24N2. The Labute approximate surface area is 82.5 Å². The Hall–Kier alpha value is -0.0800. The van der Waals surface area contributed by atoms with E-state index in [-0.39, 0.29) is 0 Å². The second-order valence-electron chi connectivity index (χ2n) is 4.56. The number of rotatable bonds is 4. The molecule has 0 spiro atoms. The normalized spacial score (nSPS) is 23.8. The van der Waals surface area contributed by atoms with Crippen molar-refractivity contribution in [3.63, 3.8) is 0 Å². The van der Waals surface area contributed by atoms with Crippen LogP contribution >= 0.6 is 0 Å². The highest BCUT2D eigenvalue weighted by Gasteiger charge is 2.25. The molecule has 2 heteroatoms. The van der Waals surface area contributed by atoms with Crippen LogP contribution in [0.3, 0.4) is 0 Å². The summed E-state index contributed by atoms with van der Waals surface area (Å²) in [4.78, 5) is 2.53. The monoisotopic (exact) mass is 184 g/mol. The molecule has 0 heterocycles. The van der Waals surface area contributed by atoms with Crippen molar-refractivity contribution in [1.29, 1.82) is 0 Å². The van der Waals surface area contributed by atoms with Crippen molar-refractivity contribution in [1.82, 2.24) is 4.90 Å². The molecule has 2 nitrogen and oxygen atoms in total. The van der Waals surface area contributed by atoms with Crippen molar-refractivity contribution >= 4 is 0 Å². The third-order valence-electron chi connectivity index (χ3n) is 3.74. The van der Waals surface area contributed by atoms with E-state index in [9.17, 15) is 0 Å². The summed E-state index contributed by atoms with van der Waals surface area (Å²) in [5.74, 6) is 0.616. The summed E-state index contributed by atoms with van der Waals surface area (Å²) in [6.45, 7) is 5.35. The molecule has 0 bridgehead atoms. The smallest absolute Gasteiger partial charge is 0.0104 e. The van der Waals surface area contributed by atoms with Gasteiger partial charge in [-0.05, 0) is 39.3 Å². The molecule has 0 aliphatic heterocycles. The minimum absolute atomic E-state index is 0.616. The molecule has 0 aromatic rings. The van der Waals surface area contributed by atoms with Crippen LogP contribution in [0.15, 0.2) is 0 Å². The zero-order valence-electron chi connectivity index (χ0n) is 9.29. The van der Waals surface area contributed by atoms with Crippen LogP contribution in [0.4, 0.5) is 0 Å². The number of nitrogens with two attached hydrogens (primary N) is 1. The van der Waals surface area contributed by atoms with Crippen LogP contribution in [0.2, 0.25) is 0 Å². The molecule has 2 atom stereocenters. The van der Waals surface area contributed by atoms with Gasteiger partial charge in [-0.15, -0.1) is 0 Å². The lowest BCUT2D eigenvalue weighted by Gasteiger charge is -2.34. The molecule has 1 rings (SSSR count). The Bertz CT molecular complexity index is 141. The van der Waals surface area contributed by atoms with Crippen molar-refractivity contribution in [3.8, 4) is 0 Å². The number of hydrogen-bond acceptors (Lipinski definition) is 2. The maximum Gasteiger partial charge on any atom is 0.0104 e. The van der Waals surface area contributed by atoms with Crippen molar-refractivity contribution in [3.05, 3.63) is 0 Å². The van der Waals surface area contributed by atoms with Gasteiger partial charge in [-0.3, -0.25) is 0 Å². The average molecular weight is 184 g/mol. The predicted octanol–water partition coefficient (Wildman–Crippen LogP) is 1.84. The molecule has 1 aliphatic rings. The van der Waals surface area contributed by atoms with Crippen LogP contribution in [0.5, 0.6) is 0 Å². The molecule has 0 aromatic heterocycles. The van der Waals surface area contributed by atoms with Crippen LogP contribution in [0, 0.1) is 5.92 Å². The Morgan fingerprint density at radius 3 is 2.31 bits per heavy atom. The summed E-state index contributed by atoms with van der Waals surface area (Å²) in [6, 6.07) is 1.46. The maximum atomic E-state index is 5.68. The molecule has 2 N–H and O–H groups in total. The van der Waals surface area contributed by atoms with Crippen LogP contribution in [0.1, 0.15) is 39.5 Å². The third-order valence-corrected chi connectivity index (χ3v) is 3.74. The van der Waals surface area contributed by atoms with Gasteiger partial charge in [0.05, 0.1) is 0 Å². The van der Waals surface area contributed by atoms with Gasteiger partial charge in [-0.1, -0.05) is 19.8 Å². The van der Waals surface area contributed by atoms with Gasteiger partial charge >= 0.3 is 0 Å². The van der Waals surface area contributed by atoms with E-state index in [1.807, 2.05) is 0 Å². The molecule has 1 saturated carbocycles. The van der Waals surface area contributed by atoms with E-state index in [0.29, 0.717) is 12.0 Å². The Balaban J connectivity index is 2.40. The van der Waals surface area contributed by atoms with Gasteiger partial charge in [0.15, 0.2) is 0 Å². The zero-order valence-corrected chi connectivity index (χ0v) is 9.29. The largest absolute Gasteiger partial charge is 0.330 e. The van der Waals surface area contributed by atoms with Gasteiger partial charge in [0.1, 0.15) is 0 Å². The molecule has 1 aliphatic carbocycles. The second-order valence-corrected chi connectivity index (χ2v) is 4.56. The summed E-state index contributed by atoms with van der Waals surface area (Å²) in [6.07, 6.45) is 5.60. The van der Waals surface area contributed by atoms with E-state index in [0.717, 1.165) is 12.6 Å². The van der Waals surface area contributed by atoms with E-state index >= 15 is 0 Å². The Morgan fingerprint density at radius 1 is 1.31 bits per heavy atom. The summed E-state index contributed by atoms with van der Waals surface area (Å²) >= 11 is 0. The summed E-state index contributed by atoms with van der Waals surface area (Å²) in [5.41, 5.74) is 5.68. The van der Waals surface area contributed by atoms with E-state index in [1.54, 1.807) is 0 Å². The topological polar surface area (TPSA) is 29.3 Å². The highest BCUT2D eigenvalue weighted by molar-refractivity contribution is 4.81. The van der Waals surface area contributed by atoms with Crippen molar-refractivity contribution < 1.29 is 0 Å². The van der Waals surface area contributed by atoms with Gasteiger partial charge in [-0.25, -0.2) is 0 Å². The van der Waals surface area contributed by atoms with Crippen molar-refractivity contribution in [2.75, 3.05) is 13.6 Å². The zero-order chi connectivity index (χ0) is 9.84. The third kappa shape index (κ3) is 2.68. The van der Waals surface area contributed by atoms with Gasteiger partial charge in [0.25, 0.3) is 0 Å². The van der Waals surface area contributed by atoms with Gasteiger partial charge < -0.3 is 10.6 Å². The Morgan fingerprint density at radius 2 is 1.85 bits per heavy atom. The molecule has 2 unspecified atom stereocenters. The van der Waals surface area contributed by atoms with Crippen LogP contribution in [-0.4, -0.2) is 30.6 Å². The van der Waals surface area contributed by atoms with Crippen LogP contribution in [0.25, 0.3) is 0 Å². The first-order valence-electron chi connectivity index (χ1n) is 5.58. The van der Waals surface area contributed by atoms with Crippen LogP contribution < -0.4 is 5.73 Å². The first-order valence-corrected chi connectivity index (χ1v) is 5.58. The second kappa shape index (κ2) is 4.97. The standard InChI is InChI=1S/C11H24N2/c1-9(8-12)10(2)13(3)11-6-4-5-7-11/h9-11H,4-8,12H2,1-3H3. The minimum atomic E-state index is 0.616. The van der Waals surface area contributed by atoms with E-state index < -0.39 is 0 Å². The summed E-state index contributed by atoms with van der Waals surface area (Å²) in [5, 5.41) is 0. The van der Waals surface area contributed by atoms with E-state index in [2.05, 4.69) is 25.8 Å². The fourth-order valence-corrected chi connectivity index (χ4v) is 2.24. The minimum Gasteiger partial charge on any atom is -0.330 e. The average Bonchev–Trinajstić information content (AvgIpc) is 2.67. The highest BCUT2D eigenvalue weighted by atomic mass is 15.2. The maximum absolute atomic E-state index is 5.68. The lowest BCUT2D eigenvalue weighted by Crippen LogP contribution is -2.42. The first-order chi connectivity index (χ1) is 6.16. The van der Waals surface area contributed by atoms with E-state index in [1.165, 1.54) is 25.7 Å². The lowest BCUT2D eigenvalue weighted by molar-refractivity contribution is 0.146. The summed E-state index contributed by atoms with van der Waals surface area (Å²) < 4.78 is 0. The van der Waals surface area contributed by atoms with Crippen LogP contribution in [-0.2, 0) is 0 Å². The molecule has 13 heavy (non-hydrogen) atoms. The summed E-state index contributed by atoms with van der Waals surface area (Å²) in [7, 11) is 2.26. The van der Waals surface area contributed by atoms with Gasteiger partial charge in [0, 0.05) is 12.1 Å². The van der Waals surface area contributed by atoms with Crippen molar-refractivity contribution in [2.45, 2.75) is 51.6 Å². The fourth-order valence-electron chi connectivity index (χ4n) is 2.24. The predicted molar refractivity (Wildman–Crippen MR) is 57.7 cm³/mol. The lowest BCUT2D eigenvalue weighted by atomic mass is 10.0. The quantitative estimate of drug-likeness (QED) is 0.722. The highest BCUT2D eigenvalue weighted by Crippen LogP contribution is 2.25. The molecule has 1 fully saturated rings. The molecule has 0 radical (unpaired) electrons. The van der Waals surface area contributed by atoms with Gasteiger partial charge in [-0.2, -0.15) is 0 Å². The Kier molecular flexibility index (Phi) is 4.20. The SMILES string of the molecule is CC(CN)C(C)N(C)C1CCCC1. The first kappa shape index (κ1) is 11.0. The molecule has 78 valence electrons. The van der Waals surface area contributed by atoms with Gasteiger partial charge in [0.2, 0.25) is 0 Å². The number of nitrogens with zero attached hydrogens (tertiary/aromatic N) is 1. The molecular weight excluding hydrogens is 160 g/mol. The fraction of sp³-hybridized carbons (Fsp3) is 1.00. The molecule has 0 aromatic carbocycles. The van der Waals surface area contributed by atoms with E-state index in [4.69, 9.17) is 5.73 Å².